The second-order valence-electron chi connectivity index (χ2n) is 7.12. The lowest BCUT2D eigenvalue weighted by Crippen LogP contribution is -2.33. The molecule has 0 saturated carbocycles. The van der Waals surface area contributed by atoms with E-state index in [4.69, 9.17) is 4.74 Å². The predicted octanol–water partition coefficient (Wildman–Crippen LogP) is 4.06. The Labute approximate surface area is 160 Å². The molecule has 1 saturated heterocycles. The Bertz CT molecular complexity index is 848. The fraction of sp³-hybridized carbons (Fsp3) is 0.364. The van der Waals surface area contributed by atoms with Gasteiger partial charge in [0.05, 0.1) is 13.7 Å². The Kier molecular flexibility index (Phi) is 5.49. The first-order valence-corrected chi connectivity index (χ1v) is 9.60. The summed E-state index contributed by atoms with van der Waals surface area (Å²) >= 11 is 0. The van der Waals surface area contributed by atoms with E-state index in [1.54, 1.807) is 7.11 Å². The molecule has 0 amide bonds. The molecule has 140 valence electrons. The number of nitrogens with zero attached hydrogens (tertiary/aromatic N) is 4. The van der Waals surface area contributed by atoms with Crippen molar-refractivity contribution in [3.63, 3.8) is 0 Å². The van der Waals surface area contributed by atoms with Gasteiger partial charge in [0.25, 0.3) is 0 Å². The van der Waals surface area contributed by atoms with E-state index in [0.717, 1.165) is 30.9 Å². The van der Waals surface area contributed by atoms with Gasteiger partial charge in [-0.25, -0.2) is 0 Å². The van der Waals surface area contributed by atoms with Crippen LogP contribution in [0, 0.1) is 0 Å². The van der Waals surface area contributed by atoms with Crippen molar-refractivity contribution in [1.29, 1.82) is 0 Å². The van der Waals surface area contributed by atoms with Crippen LogP contribution in [0.1, 0.15) is 42.0 Å². The molecule has 27 heavy (non-hydrogen) atoms. The first-order chi connectivity index (χ1) is 13.3. The van der Waals surface area contributed by atoms with Gasteiger partial charge in [0.2, 0.25) is 0 Å². The van der Waals surface area contributed by atoms with E-state index in [2.05, 4.69) is 39.2 Å². The summed E-state index contributed by atoms with van der Waals surface area (Å²) < 4.78 is 7.50. The third-order valence-corrected chi connectivity index (χ3v) is 5.30. The molecule has 1 fully saturated rings. The van der Waals surface area contributed by atoms with Crippen molar-refractivity contribution >= 4 is 0 Å². The first-order valence-electron chi connectivity index (χ1n) is 9.60. The summed E-state index contributed by atoms with van der Waals surface area (Å²) in [4.78, 5) is 6.91. The van der Waals surface area contributed by atoms with Crippen LogP contribution in [0.4, 0.5) is 0 Å². The Hall–Kier alpha value is -2.66. The van der Waals surface area contributed by atoms with E-state index in [9.17, 15) is 0 Å². The minimum absolute atomic E-state index is 0.448. The van der Waals surface area contributed by atoms with Crippen LogP contribution in [0.25, 0.3) is 0 Å². The average molecular weight is 362 g/mol. The van der Waals surface area contributed by atoms with Crippen molar-refractivity contribution in [2.45, 2.75) is 38.4 Å². The Morgan fingerprint density at radius 1 is 1.11 bits per heavy atom. The quantitative estimate of drug-likeness (QED) is 0.663. The third kappa shape index (κ3) is 4.19. The number of likely N-dealkylation sites (tertiary alicyclic amines) is 1. The SMILES string of the molecule is COc1ccc(CN2CCCCC2c2cccnc2)cc1Cn1cccn1. The predicted molar refractivity (Wildman–Crippen MR) is 106 cm³/mol. The molecular weight excluding hydrogens is 336 g/mol. The average Bonchev–Trinajstić information content (AvgIpc) is 3.22. The molecule has 0 spiro atoms. The standard InChI is InChI=1S/C22H26N4O/c1-27-22-9-8-18(14-20(22)17-26-13-5-11-24-26)16-25-12-3-2-7-21(25)19-6-4-10-23-15-19/h4-6,8-11,13-15,21H,2-3,7,12,16-17H2,1H3. The van der Waals surface area contributed by atoms with Gasteiger partial charge in [0.15, 0.2) is 0 Å². The minimum Gasteiger partial charge on any atom is -0.496 e. The van der Waals surface area contributed by atoms with E-state index in [1.165, 1.54) is 30.4 Å². The maximum atomic E-state index is 5.57. The van der Waals surface area contributed by atoms with E-state index < -0.39 is 0 Å². The summed E-state index contributed by atoms with van der Waals surface area (Å²) in [6.07, 6.45) is 11.4. The van der Waals surface area contributed by atoms with E-state index in [-0.39, 0.29) is 0 Å². The molecule has 0 N–H and O–H groups in total. The van der Waals surface area contributed by atoms with Crippen LogP contribution in [-0.4, -0.2) is 33.3 Å². The smallest absolute Gasteiger partial charge is 0.123 e. The van der Waals surface area contributed by atoms with Gasteiger partial charge in [-0.3, -0.25) is 14.6 Å². The Morgan fingerprint density at radius 3 is 2.85 bits per heavy atom. The molecule has 1 unspecified atom stereocenters. The number of ether oxygens (including phenoxy) is 1. The first kappa shape index (κ1) is 17.7. The van der Waals surface area contributed by atoms with Crippen LogP contribution in [0.3, 0.4) is 0 Å². The molecule has 1 aliphatic rings. The summed E-state index contributed by atoms with van der Waals surface area (Å²) in [5.41, 5.74) is 3.80. The maximum Gasteiger partial charge on any atom is 0.123 e. The summed E-state index contributed by atoms with van der Waals surface area (Å²) in [5.74, 6) is 0.914. The highest BCUT2D eigenvalue weighted by molar-refractivity contribution is 5.37. The highest BCUT2D eigenvalue weighted by Gasteiger charge is 2.24. The van der Waals surface area contributed by atoms with Gasteiger partial charge in [-0.05, 0) is 54.8 Å². The molecule has 5 heteroatoms. The minimum atomic E-state index is 0.448. The summed E-state index contributed by atoms with van der Waals surface area (Å²) in [6, 6.07) is 13.2. The molecule has 0 bridgehead atoms. The van der Waals surface area contributed by atoms with Gasteiger partial charge in [-0.2, -0.15) is 5.10 Å². The van der Waals surface area contributed by atoms with Crippen LogP contribution >= 0.6 is 0 Å². The molecule has 1 aliphatic heterocycles. The molecule has 1 atom stereocenters. The van der Waals surface area contributed by atoms with Gasteiger partial charge in [0.1, 0.15) is 5.75 Å². The van der Waals surface area contributed by atoms with Crippen LogP contribution in [0.5, 0.6) is 5.75 Å². The molecule has 0 aliphatic carbocycles. The van der Waals surface area contributed by atoms with E-state index >= 15 is 0 Å². The Morgan fingerprint density at radius 2 is 2.07 bits per heavy atom. The topological polar surface area (TPSA) is 43.2 Å². The second kappa shape index (κ2) is 8.35. The molecule has 0 radical (unpaired) electrons. The van der Waals surface area contributed by atoms with Crippen molar-refractivity contribution in [3.8, 4) is 5.75 Å². The zero-order valence-corrected chi connectivity index (χ0v) is 15.8. The van der Waals surface area contributed by atoms with Gasteiger partial charge in [-0.15, -0.1) is 0 Å². The van der Waals surface area contributed by atoms with Gasteiger partial charge < -0.3 is 4.74 Å². The maximum absolute atomic E-state index is 5.57. The zero-order valence-electron chi connectivity index (χ0n) is 15.8. The lowest BCUT2D eigenvalue weighted by atomic mass is 9.95. The van der Waals surface area contributed by atoms with Crippen LogP contribution in [0.2, 0.25) is 0 Å². The van der Waals surface area contributed by atoms with Gasteiger partial charge in [0, 0.05) is 42.9 Å². The van der Waals surface area contributed by atoms with Crippen molar-refractivity contribution in [2.24, 2.45) is 0 Å². The number of rotatable bonds is 6. The molecular formula is C22H26N4O. The van der Waals surface area contributed by atoms with Crippen LogP contribution in [-0.2, 0) is 13.1 Å². The van der Waals surface area contributed by atoms with Gasteiger partial charge >= 0.3 is 0 Å². The summed E-state index contributed by atoms with van der Waals surface area (Å²) in [5, 5.41) is 4.33. The molecule has 3 heterocycles. The largest absolute Gasteiger partial charge is 0.496 e. The molecule has 4 rings (SSSR count). The highest BCUT2D eigenvalue weighted by Crippen LogP contribution is 2.32. The lowest BCUT2D eigenvalue weighted by Gasteiger charge is -2.36. The third-order valence-electron chi connectivity index (χ3n) is 5.30. The number of pyridine rings is 1. The lowest BCUT2D eigenvalue weighted by molar-refractivity contribution is 0.140. The number of methoxy groups -OCH3 is 1. The zero-order chi connectivity index (χ0) is 18.5. The van der Waals surface area contributed by atoms with Crippen molar-refractivity contribution in [2.75, 3.05) is 13.7 Å². The summed E-state index contributed by atoms with van der Waals surface area (Å²) in [6.45, 7) is 2.78. The molecule has 2 aromatic heterocycles. The molecule has 1 aromatic carbocycles. The van der Waals surface area contributed by atoms with E-state index in [0.29, 0.717) is 6.04 Å². The molecule has 5 nitrogen and oxygen atoms in total. The van der Waals surface area contributed by atoms with Crippen LogP contribution in [0.15, 0.2) is 61.2 Å². The Balaban J connectivity index is 1.55. The van der Waals surface area contributed by atoms with Crippen molar-refractivity contribution in [3.05, 3.63) is 77.9 Å². The van der Waals surface area contributed by atoms with Crippen molar-refractivity contribution < 1.29 is 4.74 Å². The highest BCUT2D eigenvalue weighted by atomic mass is 16.5. The van der Waals surface area contributed by atoms with Crippen LogP contribution < -0.4 is 4.74 Å². The normalized spacial score (nSPS) is 17.7. The number of hydrogen-bond donors (Lipinski definition) is 0. The number of aromatic nitrogens is 3. The second-order valence-corrected chi connectivity index (χ2v) is 7.12. The monoisotopic (exact) mass is 362 g/mol. The van der Waals surface area contributed by atoms with Gasteiger partial charge in [-0.1, -0.05) is 18.6 Å². The number of benzene rings is 1. The fourth-order valence-electron chi connectivity index (χ4n) is 3.99. The van der Waals surface area contributed by atoms with Crippen molar-refractivity contribution in [1.82, 2.24) is 19.7 Å². The molecule has 3 aromatic rings. The van der Waals surface area contributed by atoms with E-state index in [1.807, 2.05) is 41.6 Å². The number of piperidine rings is 1. The fourth-order valence-corrected chi connectivity index (χ4v) is 3.99. The number of hydrogen-bond acceptors (Lipinski definition) is 4. The summed E-state index contributed by atoms with van der Waals surface area (Å²) in [7, 11) is 1.73.